The van der Waals surface area contributed by atoms with Crippen LogP contribution >= 0.6 is 0 Å². The van der Waals surface area contributed by atoms with E-state index in [0.29, 0.717) is 23.3 Å². The zero-order chi connectivity index (χ0) is 27.1. The first-order valence-corrected chi connectivity index (χ1v) is 15.5. The van der Waals surface area contributed by atoms with Gasteiger partial charge in [0.25, 0.3) is 0 Å². The van der Waals surface area contributed by atoms with Crippen molar-refractivity contribution in [3.8, 4) is 0 Å². The zero-order valence-electron chi connectivity index (χ0n) is 24.3. The third kappa shape index (κ3) is 5.19. The van der Waals surface area contributed by atoms with Gasteiger partial charge in [-0.05, 0) is 137 Å². The van der Waals surface area contributed by atoms with Crippen molar-refractivity contribution < 1.29 is 9.84 Å². The van der Waals surface area contributed by atoms with Crippen LogP contribution in [0.4, 0.5) is 0 Å². The molecule has 10 atom stereocenters. The lowest BCUT2D eigenvalue weighted by Crippen LogP contribution is -2.58. The molecule has 1 unspecified atom stereocenters. The molecule has 5 N–H and O–H groups in total. The number of ether oxygens (including phenoxy) is 1. The summed E-state index contributed by atoms with van der Waals surface area (Å²) in [6.45, 7) is 12.6. The molecule has 5 fully saturated rings. The summed E-state index contributed by atoms with van der Waals surface area (Å²) in [5.74, 6) is 3.10. The normalized spacial score (nSPS) is 44.4. The van der Waals surface area contributed by atoms with Crippen molar-refractivity contribution in [2.24, 2.45) is 51.3 Å². The van der Waals surface area contributed by atoms with E-state index in [9.17, 15) is 5.11 Å². The summed E-state index contributed by atoms with van der Waals surface area (Å²) in [6.07, 6.45) is 16.3. The van der Waals surface area contributed by atoms with Crippen LogP contribution in [-0.2, 0) is 4.74 Å². The van der Waals surface area contributed by atoms with Gasteiger partial charge < -0.3 is 15.6 Å². The molecule has 0 bridgehead atoms. The fourth-order valence-corrected chi connectivity index (χ4v) is 9.91. The van der Waals surface area contributed by atoms with Crippen LogP contribution in [0.2, 0.25) is 0 Å². The summed E-state index contributed by atoms with van der Waals surface area (Å²) in [5, 5.41) is 23.0. The first kappa shape index (κ1) is 28.1. The highest BCUT2D eigenvalue weighted by atomic mass is 16.5. The maximum Gasteiger partial charge on any atom is 0.206 e. The molecule has 4 aliphatic carbocycles. The van der Waals surface area contributed by atoms with Gasteiger partial charge in [-0.3, -0.25) is 10.3 Å². The van der Waals surface area contributed by atoms with Crippen LogP contribution in [0.25, 0.3) is 0 Å². The molecule has 1 aliphatic heterocycles. The number of hydrogen-bond acceptors (Lipinski definition) is 5. The minimum absolute atomic E-state index is 0.00617. The molecule has 0 spiro atoms. The SMILES string of the molecule is CC(/C=N/NC(=N)N)=C\[C@H]1CC[C@H]2[C@@H]3CC[C@@H]4[C@@H](O)[C@@H](OCC(C)N5CCCC5)CC[C@]4(C)[C@H]3CC[C@]12C. The standard InChI is InChI=1S/C31H53N5O2/c1-20(18-34-35-29(32)33)17-22-7-9-24-23-8-10-26-28(37)27(38-19-21(2)36-15-5-6-16-36)12-14-31(26,4)25(23)11-13-30(22,24)3/h17-18,21-28,37H,5-16,19H2,1-4H3,(H4,32,33,35)/b20-17+,34-18+/t21?,22-,23+,24+,25+,26-,27+,28-,30-,31-/m1/s1. The van der Waals surface area contributed by atoms with Crippen molar-refractivity contribution in [1.82, 2.24) is 10.3 Å². The second-order valence-corrected chi connectivity index (χ2v) is 14.0. The van der Waals surface area contributed by atoms with E-state index in [1.165, 1.54) is 64.5 Å². The number of aliphatic hydroxyl groups is 1. The van der Waals surface area contributed by atoms with E-state index in [0.717, 1.165) is 42.8 Å². The summed E-state index contributed by atoms with van der Waals surface area (Å²) in [4.78, 5) is 2.55. The Morgan fingerprint density at radius 1 is 1.08 bits per heavy atom. The number of nitrogens with one attached hydrogen (secondary N) is 2. The summed E-state index contributed by atoms with van der Waals surface area (Å²) in [6, 6.07) is 0.453. The number of likely N-dealkylation sites (tertiary alicyclic amines) is 1. The van der Waals surface area contributed by atoms with E-state index >= 15 is 0 Å². The number of guanidine groups is 1. The molecule has 7 nitrogen and oxygen atoms in total. The average Bonchev–Trinajstić information content (AvgIpc) is 3.52. The van der Waals surface area contributed by atoms with Gasteiger partial charge >= 0.3 is 0 Å². The van der Waals surface area contributed by atoms with Crippen LogP contribution in [0.5, 0.6) is 0 Å². The Balaban J connectivity index is 1.23. The first-order chi connectivity index (χ1) is 18.1. The largest absolute Gasteiger partial charge is 0.390 e. The molecular formula is C31H53N5O2. The molecular weight excluding hydrogens is 474 g/mol. The number of nitrogens with two attached hydrogens (primary N) is 1. The molecule has 38 heavy (non-hydrogen) atoms. The Bertz CT molecular complexity index is 916. The monoisotopic (exact) mass is 527 g/mol. The lowest BCUT2D eigenvalue weighted by atomic mass is 9.44. The van der Waals surface area contributed by atoms with E-state index < -0.39 is 0 Å². The van der Waals surface area contributed by atoms with Gasteiger partial charge in [0.1, 0.15) is 0 Å². The van der Waals surface area contributed by atoms with Crippen molar-refractivity contribution in [3.63, 3.8) is 0 Å². The first-order valence-electron chi connectivity index (χ1n) is 15.5. The molecule has 1 saturated heterocycles. The van der Waals surface area contributed by atoms with Crippen LogP contribution in [0.1, 0.15) is 91.9 Å². The highest BCUT2D eigenvalue weighted by Crippen LogP contribution is 2.67. The van der Waals surface area contributed by atoms with Gasteiger partial charge in [-0.2, -0.15) is 5.10 Å². The zero-order valence-corrected chi connectivity index (χ0v) is 24.3. The van der Waals surface area contributed by atoms with Gasteiger partial charge in [0.05, 0.1) is 18.8 Å². The molecule has 0 aromatic heterocycles. The van der Waals surface area contributed by atoms with Crippen molar-refractivity contribution in [2.75, 3.05) is 19.7 Å². The predicted octanol–water partition coefficient (Wildman–Crippen LogP) is 4.90. The number of aliphatic hydroxyl groups excluding tert-OH is 1. The average molecular weight is 528 g/mol. The molecule has 5 aliphatic rings. The number of rotatable bonds is 7. The Morgan fingerprint density at radius 2 is 1.76 bits per heavy atom. The number of nitrogens with zero attached hydrogens (tertiary/aromatic N) is 2. The van der Waals surface area contributed by atoms with Gasteiger partial charge in [0.2, 0.25) is 5.96 Å². The van der Waals surface area contributed by atoms with Crippen LogP contribution in [0.3, 0.4) is 0 Å². The van der Waals surface area contributed by atoms with Crippen LogP contribution in [0, 0.1) is 45.8 Å². The van der Waals surface area contributed by atoms with E-state index in [4.69, 9.17) is 15.9 Å². The minimum Gasteiger partial charge on any atom is -0.390 e. The molecule has 7 heteroatoms. The molecule has 0 amide bonds. The number of allylic oxidation sites excluding steroid dienone is 2. The second kappa shape index (κ2) is 11.2. The smallest absolute Gasteiger partial charge is 0.206 e. The van der Waals surface area contributed by atoms with E-state index in [2.05, 4.69) is 49.2 Å². The van der Waals surface area contributed by atoms with Crippen LogP contribution < -0.4 is 11.2 Å². The molecule has 4 saturated carbocycles. The maximum absolute atomic E-state index is 11.6. The third-order valence-electron chi connectivity index (χ3n) is 12.0. The van der Waals surface area contributed by atoms with Crippen LogP contribution in [0.15, 0.2) is 16.8 Å². The number of fused-ring (bicyclic) bond motifs is 5. The number of hydrogen-bond donors (Lipinski definition) is 4. The van der Waals surface area contributed by atoms with Gasteiger partial charge in [-0.1, -0.05) is 19.9 Å². The minimum atomic E-state index is -0.321. The summed E-state index contributed by atoms with van der Waals surface area (Å²) in [7, 11) is 0. The molecule has 1 heterocycles. The van der Waals surface area contributed by atoms with E-state index in [-0.39, 0.29) is 23.6 Å². The van der Waals surface area contributed by atoms with Gasteiger partial charge in [-0.25, -0.2) is 5.43 Å². The summed E-state index contributed by atoms with van der Waals surface area (Å²) >= 11 is 0. The third-order valence-corrected chi connectivity index (χ3v) is 12.0. The Kier molecular flexibility index (Phi) is 8.29. The quantitative estimate of drug-likeness (QED) is 0.214. The lowest BCUT2D eigenvalue weighted by Gasteiger charge is -2.62. The molecule has 0 aromatic rings. The van der Waals surface area contributed by atoms with Gasteiger partial charge in [0.15, 0.2) is 0 Å². The van der Waals surface area contributed by atoms with Crippen molar-refractivity contribution in [3.05, 3.63) is 11.6 Å². The van der Waals surface area contributed by atoms with Crippen LogP contribution in [-0.4, -0.2) is 60.1 Å². The predicted molar refractivity (Wildman–Crippen MR) is 154 cm³/mol. The molecule has 5 rings (SSSR count). The maximum atomic E-state index is 11.6. The van der Waals surface area contributed by atoms with Gasteiger partial charge in [0, 0.05) is 12.3 Å². The fraction of sp³-hybridized carbons (Fsp3) is 0.871. The Morgan fingerprint density at radius 3 is 2.50 bits per heavy atom. The van der Waals surface area contributed by atoms with Gasteiger partial charge in [-0.15, -0.1) is 0 Å². The Hall–Kier alpha value is -1.44. The highest BCUT2D eigenvalue weighted by molar-refractivity contribution is 5.80. The van der Waals surface area contributed by atoms with E-state index in [1.807, 2.05) is 0 Å². The van der Waals surface area contributed by atoms with Crippen molar-refractivity contribution in [1.29, 1.82) is 5.41 Å². The molecule has 214 valence electrons. The highest BCUT2D eigenvalue weighted by Gasteiger charge is 2.61. The summed E-state index contributed by atoms with van der Waals surface area (Å²) < 4.78 is 6.44. The molecule has 0 aromatic carbocycles. The second-order valence-electron chi connectivity index (χ2n) is 14.0. The summed E-state index contributed by atoms with van der Waals surface area (Å²) in [5.41, 5.74) is 9.60. The van der Waals surface area contributed by atoms with E-state index in [1.54, 1.807) is 6.21 Å². The van der Waals surface area contributed by atoms with Crippen molar-refractivity contribution >= 4 is 12.2 Å². The van der Waals surface area contributed by atoms with Crippen molar-refractivity contribution in [2.45, 2.75) is 110 Å². The number of hydrazone groups is 1. The fourth-order valence-electron chi connectivity index (χ4n) is 9.91. The topological polar surface area (TPSA) is 107 Å². The molecule has 0 radical (unpaired) electrons. The Labute approximate surface area is 230 Å². The lowest BCUT2D eigenvalue weighted by molar-refractivity contribution is -0.186.